The average Bonchev–Trinajstić information content (AvgIpc) is 3.28. The van der Waals surface area contributed by atoms with E-state index < -0.39 is 0 Å². The third-order valence-electron chi connectivity index (χ3n) is 5.33. The van der Waals surface area contributed by atoms with Crippen LogP contribution in [0.2, 0.25) is 5.02 Å². The van der Waals surface area contributed by atoms with E-state index in [-0.39, 0.29) is 17.9 Å². The van der Waals surface area contributed by atoms with Gasteiger partial charge in [0, 0.05) is 31.5 Å². The Morgan fingerprint density at radius 2 is 2.21 bits per heavy atom. The summed E-state index contributed by atoms with van der Waals surface area (Å²) in [6.45, 7) is 3.23. The van der Waals surface area contributed by atoms with E-state index in [1.807, 2.05) is 18.2 Å². The monoisotopic (exact) mass is 415 g/mol. The molecule has 0 bridgehead atoms. The van der Waals surface area contributed by atoms with Gasteiger partial charge in [0.15, 0.2) is 0 Å². The number of aromatic nitrogens is 2. The molecule has 8 heteroatoms. The van der Waals surface area contributed by atoms with Crippen LogP contribution in [0.4, 0.5) is 11.6 Å². The second-order valence-corrected chi connectivity index (χ2v) is 7.91. The van der Waals surface area contributed by atoms with E-state index >= 15 is 0 Å². The average molecular weight is 416 g/mol. The van der Waals surface area contributed by atoms with Gasteiger partial charge in [0.1, 0.15) is 11.6 Å². The van der Waals surface area contributed by atoms with Crippen molar-refractivity contribution in [2.24, 2.45) is 5.92 Å². The van der Waals surface area contributed by atoms with Gasteiger partial charge >= 0.3 is 0 Å². The van der Waals surface area contributed by atoms with E-state index in [1.54, 1.807) is 12.3 Å². The molecular formula is C21H26ClN5O2. The van der Waals surface area contributed by atoms with Gasteiger partial charge in [-0.1, -0.05) is 17.7 Å². The number of pyridine rings is 2. The van der Waals surface area contributed by atoms with Crippen molar-refractivity contribution >= 4 is 29.1 Å². The Bertz CT molecular complexity index is 851. The van der Waals surface area contributed by atoms with Crippen LogP contribution in [0.15, 0.2) is 30.5 Å². The summed E-state index contributed by atoms with van der Waals surface area (Å²) in [6, 6.07) is 7.53. The van der Waals surface area contributed by atoms with Gasteiger partial charge in [-0.15, -0.1) is 0 Å². The Kier molecular flexibility index (Phi) is 6.59. The number of nitrogens with zero attached hydrogens (tertiary/aromatic N) is 2. The van der Waals surface area contributed by atoms with Gasteiger partial charge in [0.25, 0.3) is 0 Å². The van der Waals surface area contributed by atoms with Gasteiger partial charge in [0.05, 0.1) is 22.7 Å². The summed E-state index contributed by atoms with van der Waals surface area (Å²) < 4.78 is 5.65. The van der Waals surface area contributed by atoms with Crippen LogP contribution >= 0.6 is 11.6 Å². The van der Waals surface area contributed by atoms with E-state index in [0.717, 1.165) is 62.5 Å². The van der Waals surface area contributed by atoms with Crippen molar-refractivity contribution in [3.8, 4) is 11.3 Å². The summed E-state index contributed by atoms with van der Waals surface area (Å²) in [5.41, 5.74) is 1.46. The summed E-state index contributed by atoms with van der Waals surface area (Å²) in [5, 5.41) is 10.0. The number of hydrogen-bond acceptors (Lipinski definition) is 6. The van der Waals surface area contributed by atoms with Crippen LogP contribution in [0.5, 0.6) is 0 Å². The molecule has 2 saturated heterocycles. The number of piperidine rings is 1. The van der Waals surface area contributed by atoms with Gasteiger partial charge in [0.2, 0.25) is 5.91 Å². The molecule has 2 aliphatic rings. The van der Waals surface area contributed by atoms with Crippen LogP contribution in [0.3, 0.4) is 0 Å². The molecular weight excluding hydrogens is 390 g/mol. The lowest BCUT2D eigenvalue weighted by atomic mass is 9.99. The third-order valence-corrected chi connectivity index (χ3v) is 5.64. The molecule has 2 aromatic rings. The summed E-state index contributed by atoms with van der Waals surface area (Å²) in [5.74, 6) is 1.20. The molecule has 154 valence electrons. The zero-order valence-electron chi connectivity index (χ0n) is 16.3. The van der Waals surface area contributed by atoms with Crippen molar-refractivity contribution in [2.45, 2.75) is 31.8 Å². The number of hydrogen-bond donors (Lipinski definition) is 3. The van der Waals surface area contributed by atoms with Gasteiger partial charge in [-0.3, -0.25) is 4.79 Å². The molecule has 0 saturated carbocycles. The Hall–Kier alpha value is -2.22. The molecule has 1 amide bonds. The smallest absolute Gasteiger partial charge is 0.229 e. The Morgan fingerprint density at radius 1 is 1.28 bits per heavy atom. The molecule has 2 fully saturated rings. The minimum absolute atomic E-state index is 0.0158. The number of carbonyl (C=O) groups excluding carboxylic acids is 1. The van der Waals surface area contributed by atoms with Gasteiger partial charge in [-0.2, -0.15) is 0 Å². The molecule has 4 heterocycles. The first-order chi connectivity index (χ1) is 14.2. The second kappa shape index (κ2) is 9.52. The lowest BCUT2D eigenvalue weighted by molar-refractivity contribution is -0.120. The van der Waals surface area contributed by atoms with Crippen LogP contribution in [-0.2, 0) is 9.53 Å². The first-order valence-corrected chi connectivity index (χ1v) is 10.6. The molecule has 4 rings (SSSR count). The van der Waals surface area contributed by atoms with Gasteiger partial charge < -0.3 is 20.7 Å². The van der Waals surface area contributed by atoms with Crippen LogP contribution < -0.4 is 16.0 Å². The maximum atomic E-state index is 12.5. The number of anilines is 2. The summed E-state index contributed by atoms with van der Waals surface area (Å²) in [4.78, 5) is 21.4. The standard InChI is InChI=1S/C21H26ClN5O2/c22-17-13-25-20(27-21(28)14-4-2-8-23-11-14)10-16(17)18-6-1-7-19(26-18)24-12-15-5-3-9-29-15/h1,6-7,10,13-15,23H,2-5,8-9,11-12H2,(H,24,26)(H,25,27,28)/t14-,15-/m1/s1. The zero-order chi connectivity index (χ0) is 20.1. The molecule has 2 atom stereocenters. The zero-order valence-corrected chi connectivity index (χ0v) is 17.0. The molecule has 2 aliphatic heterocycles. The predicted molar refractivity (Wildman–Crippen MR) is 114 cm³/mol. The lowest BCUT2D eigenvalue weighted by Crippen LogP contribution is -2.37. The van der Waals surface area contributed by atoms with Crippen molar-refractivity contribution in [2.75, 3.05) is 36.9 Å². The highest BCUT2D eigenvalue weighted by molar-refractivity contribution is 6.33. The first kappa shape index (κ1) is 20.1. The molecule has 29 heavy (non-hydrogen) atoms. The van der Waals surface area contributed by atoms with E-state index in [9.17, 15) is 4.79 Å². The number of rotatable bonds is 6. The van der Waals surface area contributed by atoms with Gasteiger partial charge in [-0.25, -0.2) is 9.97 Å². The van der Waals surface area contributed by atoms with E-state index in [2.05, 4.69) is 25.9 Å². The molecule has 3 N–H and O–H groups in total. The van der Waals surface area contributed by atoms with Crippen molar-refractivity contribution in [3.05, 3.63) is 35.5 Å². The molecule has 2 aromatic heterocycles. The van der Waals surface area contributed by atoms with E-state index in [1.165, 1.54) is 0 Å². The number of nitrogens with one attached hydrogen (secondary N) is 3. The quantitative estimate of drug-likeness (QED) is 0.670. The number of carbonyl (C=O) groups is 1. The van der Waals surface area contributed by atoms with Crippen molar-refractivity contribution in [3.63, 3.8) is 0 Å². The van der Waals surface area contributed by atoms with E-state index in [4.69, 9.17) is 16.3 Å². The third kappa shape index (κ3) is 5.23. The van der Waals surface area contributed by atoms with Crippen LogP contribution in [-0.4, -0.2) is 48.2 Å². The summed E-state index contributed by atoms with van der Waals surface area (Å²) in [6.07, 6.45) is 5.87. The second-order valence-electron chi connectivity index (χ2n) is 7.51. The molecule has 7 nitrogen and oxygen atoms in total. The summed E-state index contributed by atoms with van der Waals surface area (Å²) >= 11 is 6.38. The summed E-state index contributed by atoms with van der Waals surface area (Å²) in [7, 11) is 0. The molecule has 0 radical (unpaired) electrons. The highest BCUT2D eigenvalue weighted by atomic mass is 35.5. The van der Waals surface area contributed by atoms with Crippen molar-refractivity contribution < 1.29 is 9.53 Å². The Morgan fingerprint density at radius 3 is 3.00 bits per heavy atom. The van der Waals surface area contributed by atoms with Crippen molar-refractivity contribution in [1.82, 2.24) is 15.3 Å². The number of ether oxygens (including phenoxy) is 1. The van der Waals surface area contributed by atoms with Crippen LogP contribution in [0.25, 0.3) is 11.3 Å². The van der Waals surface area contributed by atoms with Crippen LogP contribution in [0.1, 0.15) is 25.7 Å². The highest BCUT2D eigenvalue weighted by Crippen LogP contribution is 2.29. The SMILES string of the molecule is O=C(Nc1cc(-c2cccc(NC[C@H]3CCCO3)n2)c(Cl)cn1)[C@@H]1CCCNC1. The molecule has 0 aromatic carbocycles. The number of halogens is 1. The van der Waals surface area contributed by atoms with Crippen molar-refractivity contribution in [1.29, 1.82) is 0 Å². The van der Waals surface area contributed by atoms with E-state index in [0.29, 0.717) is 17.4 Å². The fourth-order valence-electron chi connectivity index (χ4n) is 3.71. The molecule has 0 unspecified atom stereocenters. The molecule has 0 spiro atoms. The highest BCUT2D eigenvalue weighted by Gasteiger charge is 2.21. The number of amides is 1. The first-order valence-electron chi connectivity index (χ1n) is 10.2. The molecule has 0 aliphatic carbocycles. The van der Waals surface area contributed by atoms with Crippen LogP contribution in [0, 0.1) is 5.92 Å². The topological polar surface area (TPSA) is 88.2 Å². The lowest BCUT2D eigenvalue weighted by Gasteiger charge is -2.21. The predicted octanol–water partition coefficient (Wildman–Crippen LogP) is 3.33. The maximum Gasteiger partial charge on any atom is 0.229 e. The normalized spacial score (nSPS) is 21.7. The maximum absolute atomic E-state index is 12.5. The Labute approximate surface area is 175 Å². The largest absolute Gasteiger partial charge is 0.376 e. The van der Waals surface area contributed by atoms with Gasteiger partial charge in [-0.05, 0) is 50.4 Å². The minimum Gasteiger partial charge on any atom is -0.376 e. The Balaban J connectivity index is 1.46. The minimum atomic E-state index is -0.0341. The fraction of sp³-hybridized carbons (Fsp3) is 0.476. The fourth-order valence-corrected chi connectivity index (χ4v) is 3.91.